The molecule has 2 fully saturated rings. The third-order valence-corrected chi connectivity index (χ3v) is 4.63. The zero-order valence-corrected chi connectivity index (χ0v) is 13.2. The van der Waals surface area contributed by atoms with Crippen LogP contribution >= 0.6 is 0 Å². The summed E-state index contributed by atoms with van der Waals surface area (Å²) in [5.41, 5.74) is 2.31. The standard InChI is InChI=1S/C18H22N4O/c23-18(21-14-5-6-14)17-12-22(10-9-20-17)11-13-7-8-19-16-4-2-1-3-15(13)16/h1-4,7-8,14,17,20H,5-6,9-12H2,(H,21,23). The van der Waals surface area contributed by atoms with Gasteiger partial charge in [0.15, 0.2) is 0 Å². The van der Waals surface area contributed by atoms with E-state index in [-0.39, 0.29) is 11.9 Å². The first-order chi connectivity index (χ1) is 11.3. The summed E-state index contributed by atoms with van der Waals surface area (Å²) in [6.45, 7) is 3.43. The van der Waals surface area contributed by atoms with Crippen molar-refractivity contribution in [3.05, 3.63) is 42.1 Å². The molecular weight excluding hydrogens is 288 g/mol. The average molecular weight is 310 g/mol. The lowest BCUT2D eigenvalue weighted by molar-refractivity contribution is -0.124. The maximum absolute atomic E-state index is 12.2. The average Bonchev–Trinajstić information content (AvgIpc) is 3.39. The summed E-state index contributed by atoms with van der Waals surface area (Å²) in [7, 11) is 0. The Kier molecular flexibility index (Phi) is 3.97. The minimum Gasteiger partial charge on any atom is -0.352 e. The van der Waals surface area contributed by atoms with Crippen molar-refractivity contribution in [2.24, 2.45) is 0 Å². The van der Waals surface area contributed by atoms with Crippen molar-refractivity contribution in [1.82, 2.24) is 20.5 Å². The molecule has 5 nitrogen and oxygen atoms in total. The van der Waals surface area contributed by atoms with Crippen molar-refractivity contribution < 1.29 is 4.79 Å². The number of carbonyl (C=O) groups excluding carboxylic acids is 1. The van der Waals surface area contributed by atoms with Gasteiger partial charge in [0.2, 0.25) is 5.91 Å². The number of carbonyl (C=O) groups is 1. The Hall–Kier alpha value is -1.98. The summed E-state index contributed by atoms with van der Waals surface area (Å²) in [6.07, 6.45) is 4.13. The first kappa shape index (κ1) is 14.6. The summed E-state index contributed by atoms with van der Waals surface area (Å²) in [5, 5.41) is 7.64. The van der Waals surface area contributed by atoms with Crippen molar-refractivity contribution in [2.45, 2.75) is 31.5 Å². The third-order valence-electron chi connectivity index (χ3n) is 4.63. The Morgan fingerprint density at radius 2 is 2.17 bits per heavy atom. The number of hydrogen-bond donors (Lipinski definition) is 2. The molecule has 120 valence electrons. The molecule has 1 saturated heterocycles. The highest BCUT2D eigenvalue weighted by Gasteiger charge is 2.30. The Bertz CT molecular complexity index is 708. The van der Waals surface area contributed by atoms with Crippen LogP contribution in [0, 0.1) is 0 Å². The van der Waals surface area contributed by atoms with Crippen LogP contribution in [-0.2, 0) is 11.3 Å². The Morgan fingerprint density at radius 3 is 3.04 bits per heavy atom. The minimum atomic E-state index is -0.0996. The summed E-state index contributed by atoms with van der Waals surface area (Å²) in [4.78, 5) is 19.0. The van der Waals surface area contributed by atoms with Crippen LogP contribution < -0.4 is 10.6 Å². The number of benzene rings is 1. The molecule has 1 atom stereocenters. The molecule has 0 radical (unpaired) electrons. The van der Waals surface area contributed by atoms with Crippen molar-refractivity contribution in [2.75, 3.05) is 19.6 Å². The number of amides is 1. The predicted octanol–water partition coefficient (Wildman–Crippen LogP) is 1.29. The molecule has 2 aliphatic rings. The van der Waals surface area contributed by atoms with Gasteiger partial charge in [0, 0.05) is 43.8 Å². The molecule has 5 heteroatoms. The number of nitrogens with zero attached hydrogens (tertiary/aromatic N) is 2. The van der Waals surface area contributed by atoms with Crippen molar-refractivity contribution in [3.8, 4) is 0 Å². The van der Waals surface area contributed by atoms with Crippen LogP contribution in [-0.4, -0.2) is 47.5 Å². The molecule has 4 rings (SSSR count). The van der Waals surface area contributed by atoms with Gasteiger partial charge in [-0.05, 0) is 30.5 Å². The van der Waals surface area contributed by atoms with Gasteiger partial charge in [-0.15, -0.1) is 0 Å². The number of pyridine rings is 1. The molecular formula is C18H22N4O. The molecule has 2 N–H and O–H groups in total. The zero-order chi connectivity index (χ0) is 15.6. The lowest BCUT2D eigenvalue weighted by Crippen LogP contribution is -2.57. The number of para-hydroxylation sites is 1. The van der Waals surface area contributed by atoms with E-state index in [1.807, 2.05) is 18.3 Å². The maximum atomic E-state index is 12.2. The van der Waals surface area contributed by atoms with Crippen LogP contribution in [0.25, 0.3) is 10.9 Å². The van der Waals surface area contributed by atoms with E-state index in [0.717, 1.165) is 44.5 Å². The first-order valence-electron chi connectivity index (χ1n) is 8.38. The Morgan fingerprint density at radius 1 is 1.30 bits per heavy atom. The van der Waals surface area contributed by atoms with E-state index >= 15 is 0 Å². The maximum Gasteiger partial charge on any atom is 0.238 e. The molecule has 0 bridgehead atoms. The molecule has 1 aliphatic heterocycles. The molecule has 23 heavy (non-hydrogen) atoms. The number of piperazine rings is 1. The lowest BCUT2D eigenvalue weighted by Gasteiger charge is -2.33. The second-order valence-electron chi connectivity index (χ2n) is 6.51. The van der Waals surface area contributed by atoms with Crippen LogP contribution in [0.15, 0.2) is 36.5 Å². The zero-order valence-electron chi connectivity index (χ0n) is 13.2. The fourth-order valence-corrected chi connectivity index (χ4v) is 3.19. The van der Waals surface area contributed by atoms with Gasteiger partial charge in [-0.2, -0.15) is 0 Å². The smallest absolute Gasteiger partial charge is 0.238 e. The molecule has 1 aliphatic carbocycles. The van der Waals surface area contributed by atoms with E-state index in [0.29, 0.717) is 6.04 Å². The Labute approximate surface area is 136 Å². The van der Waals surface area contributed by atoms with Gasteiger partial charge in [-0.25, -0.2) is 0 Å². The fourth-order valence-electron chi connectivity index (χ4n) is 3.19. The Balaban J connectivity index is 1.46. The van der Waals surface area contributed by atoms with Gasteiger partial charge in [-0.1, -0.05) is 18.2 Å². The van der Waals surface area contributed by atoms with E-state index < -0.39 is 0 Å². The second kappa shape index (κ2) is 6.26. The molecule has 0 spiro atoms. The van der Waals surface area contributed by atoms with Gasteiger partial charge < -0.3 is 10.6 Å². The first-order valence-corrected chi connectivity index (χ1v) is 8.38. The third kappa shape index (κ3) is 3.35. The molecule has 1 aromatic carbocycles. The number of nitrogens with one attached hydrogen (secondary N) is 2. The monoisotopic (exact) mass is 310 g/mol. The van der Waals surface area contributed by atoms with E-state index in [2.05, 4.69) is 38.7 Å². The van der Waals surface area contributed by atoms with Crippen LogP contribution in [0.5, 0.6) is 0 Å². The van der Waals surface area contributed by atoms with Gasteiger partial charge in [-0.3, -0.25) is 14.7 Å². The van der Waals surface area contributed by atoms with E-state index in [1.165, 1.54) is 10.9 Å². The van der Waals surface area contributed by atoms with Crippen molar-refractivity contribution in [3.63, 3.8) is 0 Å². The van der Waals surface area contributed by atoms with Gasteiger partial charge in [0.25, 0.3) is 0 Å². The van der Waals surface area contributed by atoms with Crippen molar-refractivity contribution >= 4 is 16.8 Å². The van der Waals surface area contributed by atoms with E-state index in [9.17, 15) is 4.79 Å². The highest BCUT2D eigenvalue weighted by Crippen LogP contribution is 2.20. The molecule has 1 aromatic heterocycles. The number of rotatable bonds is 4. The topological polar surface area (TPSA) is 57.3 Å². The molecule has 1 unspecified atom stereocenters. The van der Waals surface area contributed by atoms with Gasteiger partial charge in [0.1, 0.15) is 0 Å². The normalized spacial score (nSPS) is 22.2. The van der Waals surface area contributed by atoms with E-state index in [1.54, 1.807) is 0 Å². The highest BCUT2D eigenvalue weighted by molar-refractivity contribution is 5.83. The van der Waals surface area contributed by atoms with Gasteiger partial charge in [0.05, 0.1) is 11.6 Å². The van der Waals surface area contributed by atoms with Crippen LogP contribution in [0.2, 0.25) is 0 Å². The predicted molar refractivity (Wildman–Crippen MR) is 90.0 cm³/mol. The summed E-state index contributed by atoms with van der Waals surface area (Å²) in [5.74, 6) is 0.150. The summed E-state index contributed by atoms with van der Waals surface area (Å²) < 4.78 is 0. The number of aromatic nitrogens is 1. The van der Waals surface area contributed by atoms with Crippen LogP contribution in [0.1, 0.15) is 18.4 Å². The van der Waals surface area contributed by atoms with Crippen LogP contribution in [0.3, 0.4) is 0 Å². The second-order valence-corrected chi connectivity index (χ2v) is 6.51. The molecule has 1 amide bonds. The minimum absolute atomic E-state index is 0.0996. The van der Waals surface area contributed by atoms with Gasteiger partial charge >= 0.3 is 0 Å². The molecule has 2 heterocycles. The van der Waals surface area contributed by atoms with Crippen LogP contribution in [0.4, 0.5) is 0 Å². The van der Waals surface area contributed by atoms with Crippen molar-refractivity contribution in [1.29, 1.82) is 0 Å². The number of hydrogen-bond acceptors (Lipinski definition) is 4. The summed E-state index contributed by atoms with van der Waals surface area (Å²) in [6, 6.07) is 10.6. The highest BCUT2D eigenvalue weighted by atomic mass is 16.2. The lowest BCUT2D eigenvalue weighted by atomic mass is 10.1. The summed E-state index contributed by atoms with van der Waals surface area (Å²) >= 11 is 0. The molecule has 2 aromatic rings. The number of fused-ring (bicyclic) bond motifs is 1. The fraction of sp³-hybridized carbons (Fsp3) is 0.444. The van der Waals surface area contributed by atoms with E-state index in [4.69, 9.17) is 0 Å². The molecule has 1 saturated carbocycles. The largest absolute Gasteiger partial charge is 0.352 e. The quantitative estimate of drug-likeness (QED) is 0.893. The SMILES string of the molecule is O=C(NC1CC1)C1CN(Cc2ccnc3ccccc23)CCN1.